The van der Waals surface area contributed by atoms with Gasteiger partial charge in [0.25, 0.3) is 17.5 Å². The van der Waals surface area contributed by atoms with Gasteiger partial charge in [-0.15, -0.1) is 10.2 Å². The summed E-state index contributed by atoms with van der Waals surface area (Å²) in [6, 6.07) is 9.98. The van der Waals surface area contributed by atoms with Crippen molar-refractivity contribution in [2.45, 2.75) is 20.3 Å². The van der Waals surface area contributed by atoms with E-state index in [1.165, 1.54) is 23.5 Å². The first-order chi connectivity index (χ1) is 14.7. The average Bonchev–Trinajstić information content (AvgIpc) is 3.13. The van der Waals surface area contributed by atoms with Gasteiger partial charge in [0.1, 0.15) is 5.01 Å². The van der Waals surface area contributed by atoms with Crippen LogP contribution in [0.15, 0.2) is 42.5 Å². The van der Waals surface area contributed by atoms with Crippen molar-refractivity contribution in [3.05, 3.63) is 73.7 Å². The van der Waals surface area contributed by atoms with Crippen molar-refractivity contribution in [2.24, 2.45) is 5.92 Å². The first-order valence-electron chi connectivity index (χ1n) is 9.22. The molecule has 0 aliphatic heterocycles. The number of nitro benzene ring substituents is 1. The summed E-state index contributed by atoms with van der Waals surface area (Å²) < 4.78 is 0. The van der Waals surface area contributed by atoms with Crippen LogP contribution in [0.1, 0.15) is 39.6 Å². The van der Waals surface area contributed by atoms with Crippen LogP contribution in [0.5, 0.6) is 0 Å². The molecule has 31 heavy (non-hydrogen) atoms. The molecule has 2 aromatic carbocycles. The van der Waals surface area contributed by atoms with Crippen LogP contribution < -0.4 is 10.6 Å². The number of carbonyl (C=O) groups is 2. The predicted molar refractivity (Wildman–Crippen MR) is 119 cm³/mol. The fraction of sp³-hybridized carbons (Fsp3) is 0.200. The number of aromatic nitrogens is 2. The van der Waals surface area contributed by atoms with Gasteiger partial charge >= 0.3 is 0 Å². The van der Waals surface area contributed by atoms with Crippen LogP contribution in [-0.2, 0) is 6.42 Å². The van der Waals surface area contributed by atoms with Crippen molar-refractivity contribution in [1.82, 2.24) is 10.2 Å². The Labute approximate surface area is 186 Å². The Morgan fingerprint density at radius 2 is 1.81 bits per heavy atom. The summed E-state index contributed by atoms with van der Waals surface area (Å²) in [5, 5.41) is 25.3. The maximum atomic E-state index is 12.7. The van der Waals surface area contributed by atoms with E-state index in [0.717, 1.165) is 17.5 Å². The topological polar surface area (TPSA) is 127 Å². The van der Waals surface area contributed by atoms with Crippen LogP contribution in [0.4, 0.5) is 16.5 Å². The molecule has 9 nitrogen and oxygen atoms in total. The van der Waals surface area contributed by atoms with Crippen LogP contribution >= 0.6 is 22.9 Å². The average molecular weight is 460 g/mol. The molecule has 0 atom stereocenters. The Hall–Kier alpha value is -3.37. The second-order valence-corrected chi connectivity index (χ2v) is 8.44. The maximum absolute atomic E-state index is 12.7. The Morgan fingerprint density at radius 1 is 1.10 bits per heavy atom. The van der Waals surface area contributed by atoms with Gasteiger partial charge in [0.05, 0.1) is 26.8 Å². The fourth-order valence-corrected chi connectivity index (χ4v) is 3.89. The summed E-state index contributed by atoms with van der Waals surface area (Å²) in [4.78, 5) is 35.6. The normalized spacial score (nSPS) is 10.7. The van der Waals surface area contributed by atoms with E-state index in [2.05, 4.69) is 34.7 Å². The molecule has 0 radical (unpaired) electrons. The zero-order valence-corrected chi connectivity index (χ0v) is 18.2. The number of carbonyl (C=O) groups excluding carboxylic acids is 2. The lowest BCUT2D eigenvalue weighted by atomic mass is 10.1. The van der Waals surface area contributed by atoms with Crippen LogP contribution in [0.3, 0.4) is 0 Å². The number of anilines is 2. The van der Waals surface area contributed by atoms with Crippen LogP contribution in [0, 0.1) is 16.0 Å². The molecule has 0 saturated heterocycles. The monoisotopic (exact) mass is 459 g/mol. The van der Waals surface area contributed by atoms with Gasteiger partial charge in [-0.3, -0.25) is 25.0 Å². The second kappa shape index (κ2) is 9.63. The lowest BCUT2D eigenvalue weighted by Gasteiger charge is -2.11. The maximum Gasteiger partial charge on any atom is 0.270 e. The zero-order chi connectivity index (χ0) is 22.5. The Kier molecular flexibility index (Phi) is 6.93. The van der Waals surface area contributed by atoms with E-state index in [-0.39, 0.29) is 27.5 Å². The van der Waals surface area contributed by atoms with E-state index in [1.54, 1.807) is 24.3 Å². The van der Waals surface area contributed by atoms with Gasteiger partial charge in [0.15, 0.2) is 0 Å². The third kappa shape index (κ3) is 5.62. The van der Waals surface area contributed by atoms with E-state index in [9.17, 15) is 19.7 Å². The smallest absolute Gasteiger partial charge is 0.270 e. The molecule has 0 unspecified atom stereocenters. The highest BCUT2D eigenvalue weighted by atomic mass is 35.5. The number of nitrogens with one attached hydrogen (secondary N) is 2. The Morgan fingerprint density at radius 3 is 2.48 bits per heavy atom. The highest BCUT2D eigenvalue weighted by Crippen LogP contribution is 2.25. The van der Waals surface area contributed by atoms with Gasteiger partial charge in [-0.05, 0) is 24.1 Å². The molecule has 0 aliphatic carbocycles. The van der Waals surface area contributed by atoms with Crippen molar-refractivity contribution < 1.29 is 14.5 Å². The SMILES string of the molecule is CC(C)Cc1nnc(NC(=O)c2ccccc2NC(=O)c2ccc([N+](=O)[O-])cc2Cl)s1. The van der Waals surface area contributed by atoms with Gasteiger partial charge < -0.3 is 5.32 Å². The molecule has 0 bridgehead atoms. The largest absolute Gasteiger partial charge is 0.321 e. The molecular weight excluding hydrogens is 442 g/mol. The molecule has 2 amide bonds. The number of non-ortho nitro benzene ring substituents is 1. The minimum absolute atomic E-state index is 0.0462. The molecule has 3 aromatic rings. The van der Waals surface area contributed by atoms with Gasteiger partial charge in [0.2, 0.25) is 5.13 Å². The molecule has 160 valence electrons. The third-order valence-corrected chi connectivity index (χ3v) is 5.27. The van der Waals surface area contributed by atoms with E-state index in [1.807, 2.05) is 0 Å². The quantitative estimate of drug-likeness (QED) is 0.385. The molecule has 0 spiro atoms. The number of hydrogen-bond acceptors (Lipinski definition) is 7. The number of hydrogen-bond donors (Lipinski definition) is 2. The number of para-hydroxylation sites is 1. The molecule has 0 fully saturated rings. The van der Waals surface area contributed by atoms with E-state index < -0.39 is 16.7 Å². The van der Waals surface area contributed by atoms with Crippen LogP contribution in [0.25, 0.3) is 0 Å². The molecule has 2 N–H and O–H groups in total. The molecular formula is C20H18ClN5O4S. The van der Waals surface area contributed by atoms with Crippen molar-refractivity contribution in [2.75, 3.05) is 10.6 Å². The molecule has 1 aromatic heterocycles. The van der Waals surface area contributed by atoms with Crippen LogP contribution in [-0.4, -0.2) is 26.9 Å². The minimum atomic E-state index is -0.604. The number of halogens is 1. The number of amides is 2. The molecule has 3 rings (SSSR count). The number of nitro groups is 1. The lowest BCUT2D eigenvalue weighted by Crippen LogP contribution is -2.18. The summed E-state index contributed by atoms with van der Waals surface area (Å²) in [6.07, 6.45) is 0.760. The van der Waals surface area contributed by atoms with Crippen molar-refractivity contribution in [3.63, 3.8) is 0 Å². The van der Waals surface area contributed by atoms with E-state index in [4.69, 9.17) is 11.6 Å². The fourth-order valence-electron chi connectivity index (χ4n) is 2.68. The summed E-state index contributed by atoms with van der Waals surface area (Å²) in [5.74, 6) is -0.646. The summed E-state index contributed by atoms with van der Waals surface area (Å²) in [7, 11) is 0. The number of benzene rings is 2. The molecule has 0 saturated carbocycles. The summed E-state index contributed by atoms with van der Waals surface area (Å²) in [6.45, 7) is 4.13. The van der Waals surface area contributed by atoms with Crippen molar-refractivity contribution in [3.8, 4) is 0 Å². The second-order valence-electron chi connectivity index (χ2n) is 6.97. The highest BCUT2D eigenvalue weighted by Gasteiger charge is 2.19. The Balaban J connectivity index is 1.77. The zero-order valence-electron chi connectivity index (χ0n) is 16.6. The molecule has 0 aliphatic rings. The number of rotatable bonds is 7. The minimum Gasteiger partial charge on any atom is -0.321 e. The first kappa shape index (κ1) is 22.3. The van der Waals surface area contributed by atoms with Gasteiger partial charge in [-0.25, -0.2) is 0 Å². The first-order valence-corrected chi connectivity index (χ1v) is 10.4. The Bertz CT molecular complexity index is 1150. The van der Waals surface area contributed by atoms with Crippen molar-refractivity contribution in [1.29, 1.82) is 0 Å². The summed E-state index contributed by atoms with van der Waals surface area (Å²) >= 11 is 7.32. The van der Waals surface area contributed by atoms with Crippen LogP contribution in [0.2, 0.25) is 5.02 Å². The van der Waals surface area contributed by atoms with Gasteiger partial charge in [-0.2, -0.15) is 0 Å². The van der Waals surface area contributed by atoms with E-state index in [0.29, 0.717) is 11.0 Å². The molecule has 11 heteroatoms. The standard InChI is InChI=1S/C20H18ClN5O4S/c1-11(2)9-17-24-25-20(31-17)23-19(28)14-5-3-4-6-16(14)22-18(27)13-8-7-12(26(29)30)10-15(13)21/h3-8,10-11H,9H2,1-2H3,(H,22,27)(H,23,25,28). The lowest BCUT2D eigenvalue weighted by molar-refractivity contribution is -0.384. The van der Waals surface area contributed by atoms with Crippen molar-refractivity contribution >= 4 is 51.3 Å². The summed E-state index contributed by atoms with van der Waals surface area (Å²) in [5.41, 5.74) is 0.293. The van der Waals surface area contributed by atoms with Gasteiger partial charge in [0, 0.05) is 18.6 Å². The van der Waals surface area contributed by atoms with Gasteiger partial charge in [-0.1, -0.05) is 48.9 Å². The van der Waals surface area contributed by atoms with E-state index >= 15 is 0 Å². The number of nitrogens with zero attached hydrogens (tertiary/aromatic N) is 3. The molecule has 1 heterocycles. The predicted octanol–water partition coefficient (Wildman–Crippen LogP) is 4.80. The highest BCUT2D eigenvalue weighted by molar-refractivity contribution is 7.15. The third-order valence-electron chi connectivity index (χ3n) is 4.10.